The Labute approximate surface area is 102 Å². The average molecular weight is 247 g/mol. The lowest BCUT2D eigenvalue weighted by Crippen LogP contribution is -2.31. The molecule has 0 bridgehead atoms. The molecule has 0 amide bonds. The number of rotatable bonds is 4. The van der Waals surface area contributed by atoms with Crippen LogP contribution in [0.1, 0.15) is 44.9 Å². The van der Waals surface area contributed by atoms with Crippen molar-refractivity contribution in [3.63, 3.8) is 0 Å². The van der Waals surface area contributed by atoms with Crippen molar-refractivity contribution < 1.29 is 13.9 Å². The van der Waals surface area contributed by atoms with Gasteiger partial charge in [-0.1, -0.05) is 6.42 Å². The highest BCUT2D eigenvalue weighted by Crippen LogP contribution is 2.38. The number of halogens is 2. The summed E-state index contributed by atoms with van der Waals surface area (Å²) < 4.78 is 25.9. The lowest BCUT2D eigenvalue weighted by atomic mass is 9.87. The number of hydrogen-bond donors (Lipinski definition) is 2. The van der Waals surface area contributed by atoms with Crippen molar-refractivity contribution in [3.05, 3.63) is 0 Å². The maximum atomic E-state index is 13.0. The molecular formula is C13H23F2NO. The summed E-state index contributed by atoms with van der Waals surface area (Å²) in [6.07, 6.45) is 4.65. The van der Waals surface area contributed by atoms with E-state index in [1.54, 1.807) is 0 Å². The van der Waals surface area contributed by atoms with Crippen LogP contribution in [-0.4, -0.2) is 30.2 Å². The molecule has 0 spiro atoms. The first-order chi connectivity index (χ1) is 8.05. The van der Waals surface area contributed by atoms with E-state index in [2.05, 4.69) is 5.32 Å². The van der Waals surface area contributed by atoms with Crippen LogP contribution in [0.3, 0.4) is 0 Å². The van der Waals surface area contributed by atoms with Crippen molar-refractivity contribution in [3.8, 4) is 0 Å². The minimum Gasteiger partial charge on any atom is -0.393 e. The molecule has 4 heteroatoms. The Morgan fingerprint density at radius 2 is 1.88 bits per heavy atom. The number of aliphatic hydroxyl groups is 1. The van der Waals surface area contributed by atoms with Gasteiger partial charge in [-0.15, -0.1) is 0 Å². The maximum Gasteiger partial charge on any atom is 0.248 e. The van der Waals surface area contributed by atoms with Crippen molar-refractivity contribution >= 4 is 0 Å². The third-order valence-corrected chi connectivity index (χ3v) is 4.13. The van der Waals surface area contributed by atoms with E-state index in [0.717, 1.165) is 32.2 Å². The summed E-state index contributed by atoms with van der Waals surface area (Å²) in [4.78, 5) is 0. The summed E-state index contributed by atoms with van der Waals surface area (Å²) in [5.41, 5.74) is 0. The second kappa shape index (κ2) is 5.61. The Bertz CT molecular complexity index is 246. The molecule has 2 fully saturated rings. The topological polar surface area (TPSA) is 32.3 Å². The fourth-order valence-electron chi connectivity index (χ4n) is 3.16. The molecular weight excluding hydrogens is 224 g/mol. The fourth-order valence-corrected chi connectivity index (χ4v) is 3.16. The van der Waals surface area contributed by atoms with Crippen LogP contribution in [0.4, 0.5) is 8.78 Å². The molecule has 0 saturated heterocycles. The number of alkyl halides is 2. The van der Waals surface area contributed by atoms with Gasteiger partial charge in [0.1, 0.15) is 0 Å². The predicted octanol–water partition coefficient (Wildman–Crippen LogP) is 2.56. The molecule has 2 N–H and O–H groups in total. The molecule has 3 atom stereocenters. The second-order valence-electron chi connectivity index (χ2n) is 5.81. The van der Waals surface area contributed by atoms with Gasteiger partial charge in [0.25, 0.3) is 0 Å². The Balaban J connectivity index is 1.60. The van der Waals surface area contributed by atoms with E-state index >= 15 is 0 Å². The fraction of sp³-hybridized carbons (Fsp3) is 1.00. The van der Waals surface area contributed by atoms with Gasteiger partial charge < -0.3 is 10.4 Å². The van der Waals surface area contributed by atoms with Crippen LogP contribution in [0, 0.1) is 11.8 Å². The van der Waals surface area contributed by atoms with E-state index < -0.39 is 5.92 Å². The zero-order chi connectivity index (χ0) is 12.3. The third-order valence-electron chi connectivity index (χ3n) is 4.13. The minimum atomic E-state index is -2.42. The van der Waals surface area contributed by atoms with Crippen molar-refractivity contribution in [1.29, 1.82) is 0 Å². The molecule has 2 rings (SSSR count). The van der Waals surface area contributed by atoms with Gasteiger partial charge in [-0.3, -0.25) is 0 Å². The van der Waals surface area contributed by atoms with E-state index in [-0.39, 0.29) is 24.9 Å². The van der Waals surface area contributed by atoms with Gasteiger partial charge in [0.05, 0.1) is 6.10 Å². The van der Waals surface area contributed by atoms with Gasteiger partial charge in [-0.2, -0.15) is 0 Å². The molecule has 0 aliphatic heterocycles. The maximum absolute atomic E-state index is 13.0. The molecule has 3 unspecified atom stereocenters. The van der Waals surface area contributed by atoms with Gasteiger partial charge in [0.2, 0.25) is 5.92 Å². The lowest BCUT2D eigenvalue weighted by molar-refractivity contribution is 0.00503. The van der Waals surface area contributed by atoms with Gasteiger partial charge in [0, 0.05) is 12.8 Å². The lowest BCUT2D eigenvalue weighted by Gasteiger charge is -2.26. The highest BCUT2D eigenvalue weighted by Gasteiger charge is 2.39. The predicted molar refractivity (Wildman–Crippen MR) is 63.1 cm³/mol. The van der Waals surface area contributed by atoms with E-state index in [0.29, 0.717) is 18.9 Å². The first-order valence-electron chi connectivity index (χ1n) is 6.82. The van der Waals surface area contributed by atoms with Crippen LogP contribution in [0.25, 0.3) is 0 Å². The molecule has 2 aliphatic rings. The summed E-state index contributed by atoms with van der Waals surface area (Å²) in [6.45, 7) is 1.58. The summed E-state index contributed by atoms with van der Waals surface area (Å²) >= 11 is 0. The molecule has 2 saturated carbocycles. The molecule has 2 aliphatic carbocycles. The Morgan fingerprint density at radius 3 is 2.53 bits per heavy atom. The molecule has 0 aromatic carbocycles. The summed E-state index contributed by atoms with van der Waals surface area (Å²) in [6, 6.07) is 0. The van der Waals surface area contributed by atoms with Crippen molar-refractivity contribution in [2.24, 2.45) is 11.8 Å². The van der Waals surface area contributed by atoms with Crippen LogP contribution < -0.4 is 5.32 Å². The van der Waals surface area contributed by atoms with Gasteiger partial charge in [0.15, 0.2) is 0 Å². The van der Waals surface area contributed by atoms with E-state index in [4.69, 9.17) is 0 Å². The molecule has 17 heavy (non-hydrogen) atoms. The third kappa shape index (κ3) is 4.18. The van der Waals surface area contributed by atoms with Gasteiger partial charge in [-0.05, 0) is 50.6 Å². The summed E-state index contributed by atoms with van der Waals surface area (Å²) in [5, 5.41) is 12.8. The van der Waals surface area contributed by atoms with Crippen LogP contribution >= 0.6 is 0 Å². The van der Waals surface area contributed by atoms with Crippen LogP contribution in [0.2, 0.25) is 0 Å². The molecule has 0 aromatic heterocycles. The monoisotopic (exact) mass is 247 g/mol. The SMILES string of the molecule is OC1CCCC(CNCC2CCC(F)(F)C2)C1. The Hall–Kier alpha value is -0.220. The van der Waals surface area contributed by atoms with Gasteiger partial charge >= 0.3 is 0 Å². The van der Waals surface area contributed by atoms with Crippen LogP contribution in [-0.2, 0) is 0 Å². The molecule has 0 radical (unpaired) electrons. The normalized spacial score (nSPS) is 37.2. The zero-order valence-corrected chi connectivity index (χ0v) is 10.3. The van der Waals surface area contributed by atoms with Crippen molar-refractivity contribution in [2.75, 3.05) is 13.1 Å². The molecule has 2 nitrogen and oxygen atoms in total. The number of nitrogens with one attached hydrogen (secondary N) is 1. The minimum absolute atomic E-state index is 0.0489. The smallest absolute Gasteiger partial charge is 0.248 e. The molecule has 100 valence electrons. The zero-order valence-electron chi connectivity index (χ0n) is 10.3. The quantitative estimate of drug-likeness (QED) is 0.800. The van der Waals surface area contributed by atoms with E-state index in [9.17, 15) is 13.9 Å². The first kappa shape index (κ1) is 13.2. The largest absolute Gasteiger partial charge is 0.393 e. The van der Waals surface area contributed by atoms with Crippen LogP contribution in [0.15, 0.2) is 0 Å². The molecule has 0 heterocycles. The second-order valence-corrected chi connectivity index (χ2v) is 5.81. The van der Waals surface area contributed by atoms with Crippen LogP contribution in [0.5, 0.6) is 0 Å². The van der Waals surface area contributed by atoms with E-state index in [1.807, 2.05) is 0 Å². The summed E-state index contributed by atoms with van der Waals surface area (Å²) in [5.74, 6) is -1.76. The highest BCUT2D eigenvalue weighted by molar-refractivity contribution is 4.83. The Morgan fingerprint density at radius 1 is 1.12 bits per heavy atom. The van der Waals surface area contributed by atoms with Crippen molar-refractivity contribution in [2.45, 2.75) is 57.0 Å². The first-order valence-corrected chi connectivity index (χ1v) is 6.82. The average Bonchev–Trinajstić information content (AvgIpc) is 2.58. The molecule has 0 aromatic rings. The summed E-state index contributed by atoms with van der Waals surface area (Å²) in [7, 11) is 0. The standard InChI is InChI=1S/C13H23F2NO/c14-13(15)5-4-11(7-13)9-16-8-10-2-1-3-12(17)6-10/h10-12,16-17H,1-9H2. The van der Waals surface area contributed by atoms with E-state index in [1.165, 1.54) is 0 Å². The van der Waals surface area contributed by atoms with Gasteiger partial charge in [-0.25, -0.2) is 8.78 Å². The Kier molecular flexibility index (Phi) is 4.36. The highest BCUT2D eigenvalue weighted by atomic mass is 19.3. The number of aliphatic hydroxyl groups excluding tert-OH is 1. The number of hydrogen-bond acceptors (Lipinski definition) is 2. The van der Waals surface area contributed by atoms with Crippen molar-refractivity contribution in [1.82, 2.24) is 5.32 Å².